The van der Waals surface area contributed by atoms with Crippen LogP contribution in [-0.2, 0) is 22.4 Å². The Morgan fingerprint density at radius 3 is 2.69 bits per heavy atom. The second-order valence-electron chi connectivity index (χ2n) is 7.47. The number of aryl methyl sites for hydroxylation is 1. The molecule has 1 aromatic carbocycles. The van der Waals surface area contributed by atoms with Gasteiger partial charge in [-0.1, -0.05) is 6.42 Å². The van der Waals surface area contributed by atoms with E-state index in [1.165, 1.54) is 0 Å². The van der Waals surface area contributed by atoms with Crippen molar-refractivity contribution in [2.45, 2.75) is 64.4 Å². The highest BCUT2D eigenvalue weighted by Gasteiger charge is 2.19. The number of rotatable bonds is 9. The summed E-state index contributed by atoms with van der Waals surface area (Å²) in [6.07, 6.45) is 5.23. The van der Waals surface area contributed by atoms with Gasteiger partial charge in [0, 0.05) is 30.0 Å². The van der Waals surface area contributed by atoms with Gasteiger partial charge in [-0.05, 0) is 63.1 Å². The molecule has 0 radical (unpaired) electrons. The molecule has 3 rings (SSSR count). The van der Waals surface area contributed by atoms with Crippen LogP contribution in [0.25, 0.3) is 11.0 Å². The third kappa shape index (κ3) is 5.37. The van der Waals surface area contributed by atoms with Gasteiger partial charge < -0.3 is 19.6 Å². The van der Waals surface area contributed by atoms with Crippen LogP contribution in [0.1, 0.15) is 56.6 Å². The Hall–Kier alpha value is -2.83. The molecule has 0 fully saturated rings. The van der Waals surface area contributed by atoms with Crippen molar-refractivity contribution in [2.75, 3.05) is 6.54 Å². The first-order valence-corrected chi connectivity index (χ1v) is 10.2. The van der Waals surface area contributed by atoms with E-state index >= 15 is 0 Å². The highest BCUT2D eigenvalue weighted by Crippen LogP contribution is 2.29. The fraction of sp³-hybridized carbons (Fsp3) is 0.500. The van der Waals surface area contributed by atoms with Gasteiger partial charge in [-0.2, -0.15) is 0 Å². The molecule has 1 heterocycles. The van der Waals surface area contributed by atoms with Crippen LogP contribution in [-0.4, -0.2) is 29.6 Å². The van der Waals surface area contributed by atoms with Gasteiger partial charge in [0.1, 0.15) is 11.3 Å². The minimum atomic E-state index is -0.803. The van der Waals surface area contributed by atoms with Crippen molar-refractivity contribution in [1.29, 1.82) is 0 Å². The predicted molar refractivity (Wildman–Crippen MR) is 108 cm³/mol. The van der Waals surface area contributed by atoms with E-state index in [4.69, 9.17) is 14.3 Å². The van der Waals surface area contributed by atoms with E-state index in [2.05, 4.69) is 5.32 Å². The van der Waals surface area contributed by atoms with Crippen molar-refractivity contribution < 1.29 is 23.8 Å². The van der Waals surface area contributed by atoms with Gasteiger partial charge in [-0.15, -0.1) is 0 Å². The van der Waals surface area contributed by atoms with Gasteiger partial charge in [0.2, 0.25) is 0 Å². The van der Waals surface area contributed by atoms with E-state index in [0.29, 0.717) is 24.3 Å². The van der Waals surface area contributed by atoms with Gasteiger partial charge in [0.25, 0.3) is 5.91 Å². The quantitative estimate of drug-likeness (QED) is 0.494. The van der Waals surface area contributed by atoms with Gasteiger partial charge in [0.05, 0.1) is 0 Å². The van der Waals surface area contributed by atoms with Gasteiger partial charge in [-0.25, -0.2) is 4.79 Å². The van der Waals surface area contributed by atoms with Crippen LogP contribution >= 0.6 is 0 Å². The molecular weight excluding hydrogens is 374 g/mol. The molecule has 7 heteroatoms. The van der Waals surface area contributed by atoms with E-state index < -0.39 is 12.1 Å². The summed E-state index contributed by atoms with van der Waals surface area (Å²) >= 11 is 0. The normalized spacial score (nSPS) is 14.2. The Balaban J connectivity index is 1.57. The number of aliphatic carboxylic acids is 1. The number of carboxylic acids is 1. The summed E-state index contributed by atoms with van der Waals surface area (Å²) in [6.45, 7) is 2.14. The molecule has 1 aromatic heterocycles. The van der Waals surface area contributed by atoms with Crippen molar-refractivity contribution in [1.82, 2.24) is 5.32 Å². The molecular formula is C22H27NO6. The van der Waals surface area contributed by atoms with E-state index in [0.717, 1.165) is 55.0 Å². The molecule has 7 nitrogen and oxygen atoms in total. The van der Waals surface area contributed by atoms with Gasteiger partial charge in [0.15, 0.2) is 6.10 Å². The molecule has 1 aliphatic rings. The van der Waals surface area contributed by atoms with Crippen LogP contribution in [0, 0.1) is 0 Å². The van der Waals surface area contributed by atoms with Crippen LogP contribution in [0.3, 0.4) is 0 Å². The van der Waals surface area contributed by atoms with E-state index in [1.807, 2.05) is 6.07 Å². The number of ether oxygens (including phenoxy) is 1. The molecule has 1 aliphatic carbocycles. The lowest BCUT2D eigenvalue weighted by Crippen LogP contribution is -2.36. The lowest BCUT2D eigenvalue weighted by atomic mass is 9.91. The predicted octanol–water partition coefficient (Wildman–Crippen LogP) is 3.20. The summed E-state index contributed by atoms with van der Waals surface area (Å²) < 4.78 is 11.2. The lowest BCUT2D eigenvalue weighted by Gasteiger charge is -2.17. The second-order valence-corrected chi connectivity index (χ2v) is 7.47. The average molecular weight is 401 g/mol. The minimum absolute atomic E-state index is 0.148. The van der Waals surface area contributed by atoms with E-state index in [-0.39, 0.29) is 18.0 Å². The summed E-state index contributed by atoms with van der Waals surface area (Å²) in [5, 5.41) is 12.3. The van der Waals surface area contributed by atoms with Crippen LogP contribution in [0.5, 0.6) is 5.75 Å². The van der Waals surface area contributed by atoms with Crippen LogP contribution in [0.15, 0.2) is 27.4 Å². The number of hydrogen-bond donors (Lipinski definition) is 2. The Morgan fingerprint density at radius 1 is 1.17 bits per heavy atom. The third-order valence-corrected chi connectivity index (χ3v) is 5.24. The topological polar surface area (TPSA) is 106 Å². The minimum Gasteiger partial charge on any atom is -0.481 e. The SMILES string of the molecule is C[C@H](Oc1ccc2c3c(c(=O)oc2c1)CCCC3)C(=O)NCCCCCC(=O)O. The standard InChI is InChI=1S/C22H27NO6/c1-14(21(26)23-12-6-2-3-9-20(24)25)28-15-10-11-17-16-7-4-5-8-18(16)22(27)29-19(17)13-15/h10-11,13-14H,2-9,12H2,1H3,(H,23,26)(H,24,25)/t14-/m0/s1. The Bertz CT molecular complexity index is 948. The third-order valence-electron chi connectivity index (χ3n) is 5.24. The molecule has 0 spiro atoms. The highest BCUT2D eigenvalue weighted by atomic mass is 16.5. The number of nitrogens with one attached hydrogen (secondary N) is 1. The van der Waals surface area contributed by atoms with Crippen molar-refractivity contribution in [2.24, 2.45) is 0 Å². The molecule has 0 saturated carbocycles. The maximum absolute atomic E-state index is 12.2. The number of hydrogen-bond acceptors (Lipinski definition) is 5. The van der Waals surface area contributed by atoms with Crippen molar-refractivity contribution in [3.05, 3.63) is 39.7 Å². The number of amides is 1. The first kappa shape index (κ1) is 20.9. The van der Waals surface area contributed by atoms with Gasteiger partial charge in [-0.3, -0.25) is 9.59 Å². The number of benzene rings is 1. The number of carbonyl (C=O) groups excluding carboxylic acids is 1. The Morgan fingerprint density at radius 2 is 1.93 bits per heavy atom. The zero-order chi connectivity index (χ0) is 20.8. The summed E-state index contributed by atoms with van der Waals surface area (Å²) in [5.74, 6) is -0.571. The van der Waals surface area contributed by atoms with E-state index in [1.54, 1.807) is 19.1 Å². The van der Waals surface area contributed by atoms with Crippen molar-refractivity contribution >= 4 is 22.8 Å². The Labute approximate surface area is 169 Å². The first-order valence-electron chi connectivity index (χ1n) is 10.2. The number of fused-ring (bicyclic) bond motifs is 3. The molecule has 0 unspecified atom stereocenters. The number of unbranched alkanes of at least 4 members (excludes halogenated alkanes) is 2. The maximum atomic E-state index is 12.2. The summed E-state index contributed by atoms with van der Waals surface area (Å²) in [6, 6.07) is 5.36. The Kier molecular flexibility index (Phi) is 6.90. The zero-order valence-corrected chi connectivity index (χ0v) is 16.7. The lowest BCUT2D eigenvalue weighted by molar-refractivity contribution is -0.137. The number of carboxylic acid groups (broad SMARTS) is 1. The molecule has 2 N–H and O–H groups in total. The highest BCUT2D eigenvalue weighted by molar-refractivity contribution is 5.83. The monoisotopic (exact) mass is 401 g/mol. The summed E-state index contributed by atoms with van der Waals surface area (Å²) in [7, 11) is 0. The molecule has 2 aromatic rings. The van der Waals surface area contributed by atoms with Crippen molar-refractivity contribution in [3.63, 3.8) is 0 Å². The molecule has 0 bridgehead atoms. The van der Waals surface area contributed by atoms with Crippen LogP contribution < -0.4 is 15.7 Å². The average Bonchev–Trinajstić information content (AvgIpc) is 2.70. The van der Waals surface area contributed by atoms with Crippen molar-refractivity contribution in [3.8, 4) is 5.75 Å². The van der Waals surface area contributed by atoms with Crippen LogP contribution in [0.2, 0.25) is 0 Å². The summed E-state index contributed by atoms with van der Waals surface area (Å²) in [5.41, 5.74) is 2.06. The smallest absolute Gasteiger partial charge is 0.339 e. The molecule has 0 saturated heterocycles. The maximum Gasteiger partial charge on any atom is 0.339 e. The molecule has 156 valence electrons. The molecule has 29 heavy (non-hydrogen) atoms. The largest absolute Gasteiger partial charge is 0.481 e. The fourth-order valence-corrected chi connectivity index (χ4v) is 3.69. The molecule has 0 aliphatic heterocycles. The van der Waals surface area contributed by atoms with Gasteiger partial charge >= 0.3 is 11.6 Å². The van der Waals surface area contributed by atoms with Crippen LogP contribution in [0.4, 0.5) is 0 Å². The number of carbonyl (C=O) groups is 2. The summed E-state index contributed by atoms with van der Waals surface area (Å²) in [4.78, 5) is 34.9. The first-order chi connectivity index (χ1) is 14.0. The molecule has 1 amide bonds. The fourth-order valence-electron chi connectivity index (χ4n) is 3.69. The zero-order valence-electron chi connectivity index (χ0n) is 16.7. The molecule has 1 atom stereocenters. The second kappa shape index (κ2) is 9.58. The van der Waals surface area contributed by atoms with E-state index in [9.17, 15) is 14.4 Å².